The average Bonchev–Trinajstić information content (AvgIpc) is 2.56. The molecule has 0 aromatic carbocycles. The number of anilines is 1. The van der Waals surface area contributed by atoms with Crippen LogP contribution in [0.4, 0.5) is 5.95 Å². The first-order valence-electron chi connectivity index (χ1n) is 5.30. The van der Waals surface area contributed by atoms with E-state index in [2.05, 4.69) is 20.4 Å². The lowest BCUT2D eigenvalue weighted by atomic mass is 10.5. The summed E-state index contributed by atoms with van der Waals surface area (Å²) in [6, 6.07) is 4.01. The van der Waals surface area contributed by atoms with Crippen molar-refractivity contribution in [1.82, 2.24) is 19.7 Å². The molecule has 0 aliphatic heterocycles. The van der Waals surface area contributed by atoms with E-state index in [1.807, 2.05) is 44.8 Å². The molecule has 2 aromatic heterocycles. The lowest BCUT2D eigenvalue weighted by Gasteiger charge is -2.04. The maximum atomic E-state index is 4.40. The number of rotatable bonds is 3. The Hall–Kier alpha value is -1.56. The largest absolute Gasteiger partial charge is 0.357 e. The summed E-state index contributed by atoms with van der Waals surface area (Å²) in [7, 11) is 3.75. The smallest absolute Gasteiger partial charge is 0.223 e. The molecule has 0 fully saturated rings. The van der Waals surface area contributed by atoms with Gasteiger partial charge in [0.15, 0.2) is 0 Å². The Balaban J connectivity index is 2.29. The third kappa shape index (κ3) is 2.76. The molecule has 0 radical (unpaired) electrons. The zero-order valence-corrected chi connectivity index (χ0v) is 11.2. The predicted octanol–water partition coefficient (Wildman–Crippen LogP) is 2.02. The number of aromatic nitrogens is 4. The molecule has 0 aliphatic carbocycles. The Morgan fingerprint density at radius 1 is 1.18 bits per heavy atom. The van der Waals surface area contributed by atoms with E-state index in [1.165, 1.54) is 0 Å². The summed E-state index contributed by atoms with van der Waals surface area (Å²) in [6.07, 6.45) is 0. The third-order valence-electron chi connectivity index (χ3n) is 2.22. The molecule has 1 N–H and O–H groups in total. The molecule has 0 saturated carbocycles. The predicted molar refractivity (Wildman–Crippen MR) is 68.4 cm³/mol. The van der Waals surface area contributed by atoms with Crippen molar-refractivity contribution in [2.24, 2.45) is 7.05 Å². The Morgan fingerprint density at radius 2 is 1.94 bits per heavy atom. The van der Waals surface area contributed by atoms with Crippen LogP contribution >= 0.6 is 11.8 Å². The van der Waals surface area contributed by atoms with Crippen molar-refractivity contribution in [1.29, 1.82) is 0 Å². The second-order valence-electron chi connectivity index (χ2n) is 3.77. The molecule has 0 spiro atoms. The number of nitrogens with zero attached hydrogens (tertiary/aromatic N) is 4. The van der Waals surface area contributed by atoms with Crippen molar-refractivity contribution < 1.29 is 0 Å². The van der Waals surface area contributed by atoms with Crippen LogP contribution in [0.15, 0.2) is 22.2 Å². The van der Waals surface area contributed by atoms with Gasteiger partial charge in [-0.25, -0.2) is 9.97 Å². The molecule has 0 bridgehead atoms. The van der Waals surface area contributed by atoms with Gasteiger partial charge in [-0.15, -0.1) is 0 Å². The van der Waals surface area contributed by atoms with E-state index in [9.17, 15) is 0 Å². The van der Waals surface area contributed by atoms with E-state index in [0.717, 1.165) is 21.4 Å². The zero-order valence-electron chi connectivity index (χ0n) is 10.4. The van der Waals surface area contributed by atoms with Gasteiger partial charge in [0.25, 0.3) is 0 Å². The molecule has 2 rings (SSSR count). The number of nitrogens with one attached hydrogen (secondary N) is 1. The van der Waals surface area contributed by atoms with E-state index >= 15 is 0 Å². The summed E-state index contributed by atoms with van der Waals surface area (Å²) < 4.78 is 1.86. The fraction of sp³-hybridized carbons (Fsp3) is 0.364. The summed E-state index contributed by atoms with van der Waals surface area (Å²) >= 11 is 1.59. The average molecular weight is 249 g/mol. The van der Waals surface area contributed by atoms with Gasteiger partial charge in [0.2, 0.25) is 5.95 Å². The monoisotopic (exact) mass is 249 g/mol. The van der Waals surface area contributed by atoms with E-state index < -0.39 is 0 Å². The summed E-state index contributed by atoms with van der Waals surface area (Å²) in [5.74, 6) is 0.645. The summed E-state index contributed by atoms with van der Waals surface area (Å²) in [5.41, 5.74) is 1.96. The molecule has 0 saturated heterocycles. The van der Waals surface area contributed by atoms with Gasteiger partial charge in [-0.1, -0.05) is 11.8 Å². The van der Waals surface area contributed by atoms with Crippen LogP contribution in [0.2, 0.25) is 0 Å². The van der Waals surface area contributed by atoms with Crippen molar-refractivity contribution in [3.63, 3.8) is 0 Å². The van der Waals surface area contributed by atoms with Crippen molar-refractivity contribution in [2.75, 3.05) is 12.4 Å². The van der Waals surface area contributed by atoms with Gasteiger partial charge in [0, 0.05) is 19.8 Å². The van der Waals surface area contributed by atoms with Crippen LogP contribution in [0.3, 0.4) is 0 Å². The Bertz CT molecular complexity index is 535. The highest BCUT2D eigenvalue weighted by molar-refractivity contribution is 7.99. The van der Waals surface area contributed by atoms with Gasteiger partial charge in [-0.2, -0.15) is 5.10 Å². The van der Waals surface area contributed by atoms with E-state index in [-0.39, 0.29) is 0 Å². The van der Waals surface area contributed by atoms with Gasteiger partial charge in [-0.05, 0) is 26.0 Å². The highest BCUT2D eigenvalue weighted by atomic mass is 32.2. The fourth-order valence-electron chi connectivity index (χ4n) is 1.49. The summed E-state index contributed by atoms with van der Waals surface area (Å²) in [5, 5.41) is 9.26. The first-order chi connectivity index (χ1) is 8.08. The molecule has 5 nitrogen and oxygen atoms in total. The molecule has 6 heteroatoms. The van der Waals surface area contributed by atoms with Gasteiger partial charge in [-0.3, -0.25) is 4.68 Å². The lowest BCUT2D eigenvalue weighted by molar-refractivity contribution is 0.692. The van der Waals surface area contributed by atoms with E-state index in [1.54, 1.807) is 11.8 Å². The Morgan fingerprint density at radius 3 is 2.53 bits per heavy atom. The van der Waals surface area contributed by atoms with Crippen LogP contribution in [-0.2, 0) is 7.05 Å². The lowest BCUT2D eigenvalue weighted by Crippen LogP contribution is -1.99. The van der Waals surface area contributed by atoms with Gasteiger partial charge in [0.1, 0.15) is 10.1 Å². The molecule has 17 heavy (non-hydrogen) atoms. The first-order valence-corrected chi connectivity index (χ1v) is 6.12. The van der Waals surface area contributed by atoms with Crippen molar-refractivity contribution in [2.45, 2.75) is 23.9 Å². The summed E-state index contributed by atoms with van der Waals surface area (Å²) in [6.45, 7) is 3.94. The van der Waals surface area contributed by atoms with Crippen LogP contribution in [0.25, 0.3) is 0 Å². The third-order valence-corrected chi connectivity index (χ3v) is 3.23. The molecule has 0 unspecified atom stereocenters. The highest BCUT2D eigenvalue weighted by Gasteiger charge is 2.07. The minimum atomic E-state index is 0.645. The summed E-state index contributed by atoms with van der Waals surface area (Å²) in [4.78, 5) is 8.66. The molecule has 0 amide bonds. The van der Waals surface area contributed by atoms with Crippen LogP contribution < -0.4 is 5.32 Å². The van der Waals surface area contributed by atoms with Gasteiger partial charge < -0.3 is 5.32 Å². The number of hydrogen-bond donors (Lipinski definition) is 1. The van der Waals surface area contributed by atoms with E-state index in [4.69, 9.17) is 0 Å². The standard InChI is InChI=1S/C11H15N5S/c1-7-5-9(14-11(12-3)13-7)17-10-6-8(2)15-16(10)4/h5-6H,1-4H3,(H,12,13,14). The van der Waals surface area contributed by atoms with Gasteiger partial charge in [0.05, 0.1) is 5.69 Å². The Kier molecular flexibility index (Phi) is 3.33. The minimum Gasteiger partial charge on any atom is -0.357 e. The number of aryl methyl sites for hydroxylation is 3. The SMILES string of the molecule is CNc1nc(C)cc(Sc2cc(C)nn2C)n1. The minimum absolute atomic E-state index is 0.645. The second-order valence-corrected chi connectivity index (χ2v) is 4.81. The van der Waals surface area contributed by atoms with Crippen LogP contribution in [0, 0.1) is 13.8 Å². The van der Waals surface area contributed by atoms with Crippen LogP contribution in [0.1, 0.15) is 11.4 Å². The van der Waals surface area contributed by atoms with E-state index in [0.29, 0.717) is 5.95 Å². The molecule has 2 aromatic rings. The van der Waals surface area contributed by atoms with Crippen molar-refractivity contribution in [3.05, 3.63) is 23.5 Å². The molecular weight excluding hydrogens is 234 g/mol. The van der Waals surface area contributed by atoms with Gasteiger partial charge >= 0.3 is 0 Å². The highest BCUT2D eigenvalue weighted by Crippen LogP contribution is 2.27. The topological polar surface area (TPSA) is 55.6 Å². The number of hydrogen-bond acceptors (Lipinski definition) is 5. The first kappa shape index (κ1) is 11.9. The van der Waals surface area contributed by atoms with Crippen LogP contribution in [-0.4, -0.2) is 26.8 Å². The molecule has 0 aliphatic rings. The fourth-order valence-corrected chi connectivity index (χ4v) is 2.47. The quantitative estimate of drug-likeness (QED) is 0.843. The Labute approximate surface area is 105 Å². The molecule has 0 atom stereocenters. The second kappa shape index (κ2) is 4.75. The van der Waals surface area contributed by atoms with Crippen molar-refractivity contribution >= 4 is 17.7 Å². The molecular formula is C11H15N5S. The molecule has 90 valence electrons. The van der Waals surface area contributed by atoms with Crippen LogP contribution in [0.5, 0.6) is 0 Å². The zero-order chi connectivity index (χ0) is 12.4. The molecule has 2 heterocycles. The van der Waals surface area contributed by atoms with Crippen molar-refractivity contribution in [3.8, 4) is 0 Å². The maximum Gasteiger partial charge on any atom is 0.223 e. The normalized spacial score (nSPS) is 10.6. The maximum absolute atomic E-state index is 4.40.